The molecule has 1 saturated heterocycles. The van der Waals surface area contributed by atoms with Crippen LogP contribution < -0.4 is 19.7 Å². The molecule has 1 heterocycles. The fourth-order valence-corrected chi connectivity index (χ4v) is 4.58. The summed E-state index contributed by atoms with van der Waals surface area (Å²) in [6.45, 7) is 1.79. The van der Waals surface area contributed by atoms with E-state index in [1.54, 1.807) is 49.4 Å². The summed E-state index contributed by atoms with van der Waals surface area (Å²) in [4.78, 5) is 39.2. The van der Waals surface area contributed by atoms with Crippen molar-refractivity contribution in [2.75, 3.05) is 12.0 Å². The van der Waals surface area contributed by atoms with Crippen LogP contribution in [-0.2, 0) is 16.2 Å². The smallest absolute Gasteiger partial charge is 0.335 e. The zero-order chi connectivity index (χ0) is 26.0. The van der Waals surface area contributed by atoms with E-state index in [2.05, 4.69) is 5.32 Å². The van der Waals surface area contributed by atoms with Crippen molar-refractivity contribution in [2.24, 2.45) is 0 Å². The number of halogens is 3. The molecule has 1 N–H and O–H groups in total. The van der Waals surface area contributed by atoms with Crippen LogP contribution in [0.15, 0.2) is 60.2 Å². The van der Waals surface area contributed by atoms with Crippen LogP contribution in [0.4, 0.5) is 14.9 Å². The molecule has 3 aromatic carbocycles. The third kappa shape index (κ3) is 5.21. The number of anilines is 1. The molecule has 0 aromatic heterocycles. The molecule has 1 fully saturated rings. The average molecular weight is 621 g/mol. The number of imide groups is 2. The van der Waals surface area contributed by atoms with E-state index in [1.165, 1.54) is 25.3 Å². The Morgan fingerprint density at radius 3 is 2.58 bits per heavy atom. The van der Waals surface area contributed by atoms with Crippen molar-refractivity contribution in [3.05, 3.63) is 91.3 Å². The summed E-state index contributed by atoms with van der Waals surface area (Å²) in [5.74, 6) is -1.19. The van der Waals surface area contributed by atoms with Gasteiger partial charge in [-0.1, -0.05) is 29.8 Å². The Kier molecular flexibility index (Phi) is 7.60. The fraction of sp³-hybridized carbons (Fsp3) is 0.115. The second-order valence-electron chi connectivity index (χ2n) is 7.79. The van der Waals surface area contributed by atoms with Crippen molar-refractivity contribution in [3.63, 3.8) is 0 Å². The van der Waals surface area contributed by atoms with Gasteiger partial charge in [-0.3, -0.25) is 14.9 Å². The van der Waals surface area contributed by atoms with E-state index in [4.69, 9.17) is 21.1 Å². The lowest BCUT2D eigenvalue weighted by Gasteiger charge is -2.27. The van der Waals surface area contributed by atoms with Crippen LogP contribution in [0.25, 0.3) is 6.08 Å². The van der Waals surface area contributed by atoms with Crippen LogP contribution in [0.5, 0.6) is 11.5 Å². The third-order valence-electron chi connectivity index (χ3n) is 5.42. The van der Waals surface area contributed by atoms with Crippen molar-refractivity contribution in [2.45, 2.75) is 13.5 Å². The van der Waals surface area contributed by atoms with E-state index in [0.717, 1.165) is 4.90 Å². The van der Waals surface area contributed by atoms with Gasteiger partial charge < -0.3 is 9.47 Å². The van der Waals surface area contributed by atoms with Crippen molar-refractivity contribution in [1.29, 1.82) is 0 Å². The molecular formula is C26H19ClFIN2O5. The molecule has 0 atom stereocenters. The number of rotatable bonds is 6. The highest BCUT2D eigenvalue weighted by atomic mass is 127. The topological polar surface area (TPSA) is 84.9 Å². The number of carbonyl (C=O) groups is 3. The lowest BCUT2D eigenvalue weighted by Crippen LogP contribution is -2.54. The summed E-state index contributed by atoms with van der Waals surface area (Å²) in [5.41, 5.74) is 1.68. The number of nitrogens with zero attached hydrogens (tertiary/aromatic N) is 1. The molecule has 0 aliphatic carbocycles. The average Bonchev–Trinajstić information content (AvgIpc) is 2.83. The van der Waals surface area contributed by atoms with Gasteiger partial charge in [0.05, 0.1) is 16.4 Å². The molecule has 184 valence electrons. The number of carbonyl (C=O) groups excluding carboxylic acids is 3. The minimum absolute atomic E-state index is 0.113. The second-order valence-corrected chi connectivity index (χ2v) is 9.36. The molecule has 3 aromatic rings. The molecule has 1 aliphatic rings. The molecule has 0 unspecified atom stereocenters. The summed E-state index contributed by atoms with van der Waals surface area (Å²) in [5, 5.41) is 2.58. The predicted molar refractivity (Wildman–Crippen MR) is 142 cm³/mol. The van der Waals surface area contributed by atoms with Crippen LogP contribution in [0.3, 0.4) is 0 Å². The fourth-order valence-electron chi connectivity index (χ4n) is 3.63. The zero-order valence-corrected chi connectivity index (χ0v) is 22.0. The lowest BCUT2D eigenvalue weighted by molar-refractivity contribution is -0.122. The van der Waals surface area contributed by atoms with Gasteiger partial charge in [0, 0.05) is 5.02 Å². The van der Waals surface area contributed by atoms with Gasteiger partial charge in [0.2, 0.25) is 0 Å². The van der Waals surface area contributed by atoms with Gasteiger partial charge in [-0.25, -0.2) is 14.1 Å². The number of amides is 4. The number of ether oxygens (including phenoxy) is 2. The number of methoxy groups -OCH3 is 1. The maximum atomic E-state index is 13.5. The largest absolute Gasteiger partial charge is 0.493 e. The van der Waals surface area contributed by atoms with E-state index < -0.39 is 17.8 Å². The van der Waals surface area contributed by atoms with Crippen LogP contribution >= 0.6 is 34.2 Å². The Hall–Kier alpha value is -3.44. The highest BCUT2D eigenvalue weighted by Gasteiger charge is 2.37. The number of urea groups is 1. The summed E-state index contributed by atoms with van der Waals surface area (Å²) in [6.07, 6.45) is 1.37. The Balaban J connectivity index is 1.66. The monoisotopic (exact) mass is 620 g/mol. The zero-order valence-electron chi connectivity index (χ0n) is 19.1. The van der Waals surface area contributed by atoms with Gasteiger partial charge in [-0.05, 0) is 88.7 Å². The lowest BCUT2D eigenvalue weighted by atomic mass is 10.1. The highest BCUT2D eigenvalue weighted by Crippen LogP contribution is 2.36. The molecule has 0 saturated carbocycles. The number of hydrogen-bond donors (Lipinski definition) is 1. The van der Waals surface area contributed by atoms with E-state index in [1.807, 2.05) is 22.6 Å². The van der Waals surface area contributed by atoms with Crippen LogP contribution in [0.2, 0.25) is 5.02 Å². The first-order valence-corrected chi connectivity index (χ1v) is 12.1. The minimum Gasteiger partial charge on any atom is -0.493 e. The first-order chi connectivity index (χ1) is 17.2. The normalized spacial score (nSPS) is 14.8. The standard InChI is InChI=1S/C26H19ClFIN2O5/c1-14-19(27)7-4-8-21(14)31-25(33)18(24(32)30-26(31)34)10-16-11-20(29)23(22(12-16)35-2)36-13-15-5-3-6-17(28)9-15/h3-12H,13H2,1-2H3,(H,30,32,34)/b18-10+. The quantitative estimate of drug-likeness (QED) is 0.219. The van der Waals surface area contributed by atoms with Gasteiger partial charge >= 0.3 is 6.03 Å². The SMILES string of the molecule is COc1cc(/C=C2\C(=O)NC(=O)N(c3cccc(Cl)c3C)C2=O)cc(I)c1OCc1cccc(F)c1. The van der Waals surface area contributed by atoms with E-state index in [-0.39, 0.29) is 23.7 Å². The molecule has 4 amide bonds. The minimum atomic E-state index is -0.860. The Labute approximate surface area is 225 Å². The Bertz CT molecular complexity index is 1430. The van der Waals surface area contributed by atoms with E-state index >= 15 is 0 Å². The summed E-state index contributed by atoms with van der Waals surface area (Å²) in [6, 6.07) is 13.3. The third-order valence-corrected chi connectivity index (χ3v) is 6.63. The predicted octanol–water partition coefficient (Wildman–Crippen LogP) is 5.65. The summed E-state index contributed by atoms with van der Waals surface area (Å²) in [7, 11) is 1.46. The molecule has 0 bridgehead atoms. The molecule has 7 nitrogen and oxygen atoms in total. The van der Waals surface area contributed by atoms with Gasteiger partial charge in [0.1, 0.15) is 18.0 Å². The van der Waals surface area contributed by atoms with Crippen molar-refractivity contribution < 1.29 is 28.2 Å². The Morgan fingerprint density at radius 2 is 1.86 bits per heavy atom. The van der Waals surface area contributed by atoms with Gasteiger partial charge in [0.15, 0.2) is 11.5 Å². The van der Waals surface area contributed by atoms with Crippen LogP contribution in [0, 0.1) is 16.3 Å². The number of barbiturate groups is 1. The highest BCUT2D eigenvalue weighted by molar-refractivity contribution is 14.1. The van der Waals surface area contributed by atoms with Crippen molar-refractivity contribution in [3.8, 4) is 11.5 Å². The molecule has 4 rings (SSSR count). The van der Waals surface area contributed by atoms with Crippen LogP contribution in [-0.4, -0.2) is 25.0 Å². The maximum Gasteiger partial charge on any atom is 0.335 e. The van der Waals surface area contributed by atoms with Crippen molar-refractivity contribution in [1.82, 2.24) is 5.32 Å². The summed E-state index contributed by atoms with van der Waals surface area (Å²) < 4.78 is 25.4. The van der Waals surface area contributed by atoms with Gasteiger partial charge in [0.25, 0.3) is 11.8 Å². The van der Waals surface area contributed by atoms with Gasteiger partial charge in [-0.15, -0.1) is 0 Å². The molecule has 36 heavy (non-hydrogen) atoms. The molecular weight excluding hydrogens is 602 g/mol. The molecule has 0 radical (unpaired) electrons. The first kappa shape index (κ1) is 25.6. The van der Waals surface area contributed by atoms with E-state index in [0.29, 0.717) is 36.8 Å². The molecule has 10 heteroatoms. The number of nitrogens with one attached hydrogen (secondary N) is 1. The second kappa shape index (κ2) is 10.7. The summed E-state index contributed by atoms with van der Waals surface area (Å²) >= 11 is 8.21. The van der Waals surface area contributed by atoms with E-state index in [9.17, 15) is 18.8 Å². The number of benzene rings is 3. The van der Waals surface area contributed by atoms with Crippen LogP contribution in [0.1, 0.15) is 16.7 Å². The maximum absolute atomic E-state index is 13.5. The number of hydrogen-bond acceptors (Lipinski definition) is 5. The first-order valence-electron chi connectivity index (χ1n) is 10.6. The molecule has 0 spiro atoms. The molecule has 1 aliphatic heterocycles. The van der Waals surface area contributed by atoms with Crippen molar-refractivity contribution >= 4 is 63.8 Å². The Morgan fingerprint density at radius 1 is 1.11 bits per heavy atom. The van der Waals surface area contributed by atoms with Gasteiger partial charge in [-0.2, -0.15) is 0 Å².